The maximum atomic E-state index is 4.66. The van der Waals surface area contributed by atoms with Gasteiger partial charge >= 0.3 is 0 Å². The fourth-order valence-electron chi connectivity index (χ4n) is 3.26. The van der Waals surface area contributed by atoms with Gasteiger partial charge in [0.1, 0.15) is 5.82 Å². The first-order valence-corrected chi connectivity index (χ1v) is 9.51. The van der Waals surface area contributed by atoms with Crippen LogP contribution in [-0.4, -0.2) is 24.7 Å². The van der Waals surface area contributed by atoms with E-state index in [1.54, 1.807) is 0 Å². The molecule has 0 saturated carbocycles. The van der Waals surface area contributed by atoms with E-state index in [1.807, 2.05) is 38.1 Å². The van der Waals surface area contributed by atoms with E-state index in [1.165, 1.54) is 11.1 Å². The first kappa shape index (κ1) is 21.2. The van der Waals surface area contributed by atoms with Gasteiger partial charge in [0.25, 0.3) is 0 Å². The molecular formula is C26H30N2. The number of hydrogen-bond donors (Lipinski definition) is 0. The highest BCUT2D eigenvalue weighted by molar-refractivity contribution is 6.11. The molecule has 0 heterocycles. The van der Waals surface area contributed by atoms with Crippen LogP contribution in [0.4, 0.5) is 0 Å². The van der Waals surface area contributed by atoms with Gasteiger partial charge in [-0.2, -0.15) is 0 Å². The van der Waals surface area contributed by atoms with E-state index in [0.717, 1.165) is 40.0 Å². The van der Waals surface area contributed by atoms with Gasteiger partial charge < -0.3 is 4.90 Å². The zero-order valence-corrected chi connectivity index (χ0v) is 17.8. The largest absolute Gasteiger partial charge is 0.363 e. The lowest BCUT2D eigenvalue weighted by atomic mass is 9.87. The van der Waals surface area contributed by atoms with Gasteiger partial charge in [-0.3, -0.25) is 0 Å². The van der Waals surface area contributed by atoms with Crippen LogP contribution in [0.25, 0.3) is 11.1 Å². The molecule has 0 aliphatic carbocycles. The van der Waals surface area contributed by atoms with Crippen molar-refractivity contribution < 1.29 is 0 Å². The van der Waals surface area contributed by atoms with E-state index in [9.17, 15) is 0 Å². The van der Waals surface area contributed by atoms with Gasteiger partial charge in [-0.15, -0.1) is 5.73 Å². The highest BCUT2D eigenvalue weighted by Gasteiger charge is 2.16. The minimum Gasteiger partial charge on any atom is -0.363 e. The molecule has 0 fully saturated rings. The number of aliphatic imine (C=N–C) groups is 1. The zero-order chi connectivity index (χ0) is 20.8. The molecule has 28 heavy (non-hydrogen) atoms. The second kappa shape index (κ2) is 9.21. The van der Waals surface area contributed by atoms with Gasteiger partial charge in [-0.05, 0) is 48.1 Å². The summed E-state index contributed by atoms with van der Waals surface area (Å²) in [5.74, 6) is 0.710. The number of benzene rings is 2. The van der Waals surface area contributed by atoms with Crippen molar-refractivity contribution in [2.75, 3.05) is 14.1 Å². The summed E-state index contributed by atoms with van der Waals surface area (Å²) in [6.07, 6.45) is 0.995. The van der Waals surface area contributed by atoms with E-state index in [0.29, 0.717) is 5.82 Å². The minimum absolute atomic E-state index is 0.710. The summed E-state index contributed by atoms with van der Waals surface area (Å²) in [5, 5.41) is 0. The minimum atomic E-state index is 0.710. The molecule has 0 spiro atoms. The highest BCUT2D eigenvalue weighted by atomic mass is 15.2. The van der Waals surface area contributed by atoms with Crippen LogP contribution < -0.4 is 0 Å². The number of rotatable bonds is 7. The number of allylic oxidation sites excluding steroid dienone is 2. The van der Waals surface area contributed by atoms with Crippen LogP contribution in [0.3, 0.4) is 0 Å². The van der Waals surface area contributed by atoms with Gasteiger partial charge in [-0.25, -0.2) is 4.99 Å². The number of hydrogen-bond acceptors (Lipinski definition) is 2. The third kappa shape index (κ3) is 4.42. The van der Waals surface area contributed by atoms with Gasteiger partial charge in [0.2, 0.25) is 0 Å². The molecule has 0 aromatic heterocycles. The maximum Gasteiger partial charge on any atom is 0.121 e. The van der Waals surface area contributed by atoms with Crippen molar-refractivity contribution >= 4 is 16.9 Å². The Labute approximate surface area is 169 Å². The fraction of sp³-hybridized carbons (Fsp3) is 0.231. The molecule has 0 saturated heterocycles. The van der Waals surface area contributed by atoms with Gasteiger partial charge in [0, 0.05) is 30.9 Å². The standard InChI is InChI=1S/C26H30N2/c1-9-22-14-13-17-24(18(22)3)19(4)23(10-2)26-16-12-11-15-25(26)20(5)27-21(6)28(7)8/h11-17H,2,4,6,9H2,1,3,5,7-8H3. The number of nitrogens with zero attached hydrogens (tertiary/aromatic N) is 2. The van der Waals surface area contributed by atoms with Gasteiger partial charge in [0.05, 0.1) is 0 Å². The summed E-state index contributed by atoms with van der Waals surface area (Å²) in [5.41, 5.74) is 11.6. The molecule has 0 aliphatic heterocycles. The fourth-order valence-corrected chi connectivity index (χ4v) is 3.26. The molecule has 144 valence electrons. The van der Waals surface area contributed by atoms with Crippen molar-refractivity contribution in [1.82, 2.24) is 4.90 Å². The summed E-state index contributed by atoms with van der Waals surface area (Å²) < 4.78 is 0. The lowest BCUT2D eigenvalue weighted by Crippen LogP contribution is -2.10. The molecule has 2 heteroatoms. The maximum absolute atomic E-state index is 4.66. The molecule has 0 atom stereocenters. The zero-order valence-electron chi connectivity index (χ0n) is 17.8. The third-order valence-corrected chi connectivity index (χ3v) is 5.03. The monoisotopic (exact) mass is 370 g/mol. The topological polar surface area (TPSA) is 15.6 Å². The Morgan fingerprint density at radius 3 is 2.18 bits per heavy atom. The van der Waals surface area contributed by atoms with E-state index in [4.69, 9.17) is 0 Å². The smallest absolute Gasteiger partial charge is 0.121 e. The first-order valence-electron chi connectivity index (χ1n) is 9.51. The van der Waals surface area contributed by atoms with Crippen LogP contribution in [0, 0.1) is 6.92 Å². The molecule has 0 unspecified atom stereocenters. The Bertz CT molecular complexity index is 983. The molecule has 2 aromatic carbocycles. The Morgan fingerprint density at radius 1 is 1.00 bits per heavy atom. The molecule has 0 radical (unpaired) electrons. The summed E-state index contributed by atoms with van der Waals surface area (Å²) in [4.78, 5) is 6.56. The highest BCUT2D eigenvalue weighted by Crippen LogP contribution is 2.34. The van der Waals surface area contributed by atoms with E-state index in [-0.39, 0.29) is 0 Å². The average Bonchev–Trinajstić information content (AvgIpc) is 2.68. The van der Waals surface area contributed by atoms with Crippen LogP contribution in [0.5, 0.6) is 0 Å². The summed E-state index contributed by atoms with van der Waals surface area (Å²) in [6.45, 7) is 18.7. The van der Waals surface area contributed by atoms with Crippen molar-refractivity contribution in [3.63, 3.8) is 0 Å². The molecular weight excluding hydrogens is 340 g/mol. The molecule has 2 aromatic rings. The van der Waals surface area contributed by atoms with E-state index in [2.05, 4.69) is 74.6 Å². The van der Waals surface area contributed by atoms with Crippen molar-refractivity contribution in [2.45, 2.75) is 27.2 Å². The summed E-state index contributed by atoms with van der Waals surface area (Å²) >= 11 is 0. The van der Waals surface area contributed by atoms with Gasteiger partial charge in [0.15, 0.2) is 0 Å². The molecule has 0 bridgehead atoms. The molecule has 2 nitrogen and oxygen atoms in total. The van der Waals surface area contributed by atoms with Crippen molar-refractivity contribution in [1.29, 1.82) is 0 Å². The Balaban J connectivity index is 2.57. The molecule has 0 N–H and O–H groups in total. The predicted octanol–water partition coefficient (Wildman–Crippen LogP) is 6.28. The SMILES string of the molecule is C=C=C(C(=C)c1cccc(CC)c1C)c1ccccc1C(C)=NC(=C)N(C)C. The van der Waals surface area contributed by atoms with E-state index < -0.39 is 0 Å². The van der Waals surface area contributed by atoms with Crippen LogP contribution in [0.2, 0.25) is 0 Å². The molecule has 2 rings (SSSR count). The predicted molar refractivity (Wildman–Crippen MR) is 124 cm³/mol. The van der Waals surface area contributed by atoms with E-state index >= 15 is 0 Å². The first-order chi connectivity index (χ1) is 13.3. The average molecular weight is 371 g/mol. The normalized spacial score (nSPS) is 11.0. The second-order valence-corrected chi connectivity index (χ2v) is 7.03. The van der Waals surface area contributed by atoms with Crippen LogP contribution in [0.15, 0.2) is 78.7 Å². The molecule has 0 amide bonds. The quantitative estimate of drug-likeness (QED) is 0.318. The van der Waals surface area contributed by atoms with Crippen molar-refractivity contribution in [3.8, 4) is 0 Å². The van der Waals surface area contributed by atoms with Crippen LogP contribution >= 0.6 is 0 Å². The lowest BCUT2D eigenvalue weighted by Gasteiger charge is -2.18. The summed E-state index contributed by atoms with van der Waals surface area (Å²) in [7, 11) is 3.87. The number of aryl methyl sites for hydroxylation is 1. The Kier molecular flexibility index (Phi) is 6.98. The third-order valence-electron chi connectivity index (χ3n) is 5.03. The van der Waals surface area contributed by atoms with Crippen molar-refractivity contribution in [3.05, 3.63) is 102 Å². The Morgan fingerprint density at radius 2 is 1.61 bits per heavy atom. The van der Waals surface area contributed by atoms with Crippen molar-refractivity contribution in [2.24, 2.45) is 4.99 Å². The Hall–Kier alpha value is -3.09. The van der Waals surface area contributed by atoms with Crippen LogP contribution in [0.1, 0.15) is 41.7 Å². The second-order valence-electron chi connectivity index (χ2n) is 7.03. The molecule has 0 aliphatic rings. The van der Waals surface area contributed by atoms with Gasteiger partial charge in [-0.1, -0.05) is 69.1 Å². The van der Waals surface area contributed by atoms with Crippen LogP contribution in [-0.2, 0) is 6.42 Å². The lowest BCUT2D eigenvalue weighted by molar-refractivity contribution is 0.509. The summed E-state index contributed by atoms with van der Waals surface area (Å²) in [6, 6.07) is 14.6.